The molecule has 1 aliphatic rings. The average Bonchev–Trinajstić information content (AvgIpc) is 3.47. The van der Waals surface area contributed by atoms with Gasteiger partial charge in [0.05, 0.1) is 28.7 Å². The van der Waals surface area contributed by atoms with Crippen molar-refractivity contribution in [1.82, 2.24) is 19.6 Å². The Balaban J connectivity index is 1.52. The number of fused-ring (bicyclic) bond motifs is 1. The summed E-state index contributed by atoms with van der Waals surface area (Å²) in [5.74, 6) is 0.692. The highest BCUT2D eigenvalue weighted by Gasteiger charge is 2.20. The van der Waals surface area contributed by atoms with E-state index in [9.17, 15) is 4.39 Å². The summed E-state index contributed by atoms with van der Waals surface area (Å²) in [5.41, 5.74) is 9.49. The van der Waals surface area contributed by atoms with E-state index in [-0.39, 0.29) is 17.6 Å². The number of nitrogens with two attached hydrogens (primary N) is 1. The molecule has 1 saturated carbocycles. The van der Waals surface area contributed by atoms with E-state index in [1.165, 1.54) is 12.1 Å². The highest BCUT2D eigenvalue weighted by molar-refractivity contribution is 5.81. The second kappa shape index (κ2) is 9.51. The van der Waals surface area contributed by atoms with Crippen molar-refractivity contribution in [3.8, 4) is 23.0 Å². The fraction of sp³-hybridized carbons (Fsp3) is 0.370. The molecule has 4 aromatic rings. The third kappa shape index (κ3) is 4.64. The van der Waals surface area contributed by atoms with Crippen molar-refractivity contribution in [3.63, 3.8) is 0 Å². The van der Waals surface area contributed by atoms with E-state index in [0.29, 0.717) is 11.5 Å². The molecule has 2 atom stereocenters. The molecule has 0 unspecified atom stereocenters. The highest BCUT2D eigenvalue weighted by Crippen LogP contribution is 2.30. The molecular formula is C27H30FN7. The molecule has 5 rings (SSSR count). The number of benzene rings is 2. The minimum atomic E-state index is -0.544. The third-order valence-electron chi connectivity index (χ3n) is 6.80. The van der Waals surface area contributed by atoms with Gasteiger partial charge in [-0.2, -0.15) is 10.4 Å². The van der Waals surface area contributed by atoms with Crippen LogP contribution in [0.1, 0.15) is 51.1 Å². The Morgan fingerprint density at radius 1 is 1.20 bits per heavy atom. The predicted octanol–water partition coefficient (Wildman–Crippen LogP) is 5.41. The molecule has 0 amide bonds. The second-order valence-electron chi connectivity index (χ2n) is 9.73. The predicted molar refractivity (Wildman–Crippen MR) is 136 cm³/mol. The maximum Gasteiger partial charge on any atom is 0.149 e. The van der Waals surface area contributed by atoms with Crippen molar-refractivity contribution in [3.05, 3.63) is 60.0 Å². The van der Waals surface area contributed by atoms with Crippen LogP contribution in [-0.4, -0.2) is 32.1 Å². The summed E-state index contributed by atoms with van der Waals surface area (Å²) >= 11 is 0. The molecule has 180 valence electrons. The molecule has 2 aromatic carbocycles. The summed E-state index contributed by atoms with van der Waals surface area (Å²) in [7, 11) is 0. The fourth-order valence-electron chi connectivity index (χ4n) is 4.99. The fourth-order valence-corrected chi connectivity index (χ4v) is 4.99. The molecule has 3 N–H and O–H groups in total. The summed E-state index contributed by atoms with van der Waals surface area (Å²) in [5, 5.41) is 23.0. The van der Waals surface area contributed by atoms with Crippen LogP contribution in [0.15, 0.2) is 48.7 Å². The molecule has 2 aromatic heterocycles. The van der Waals surface area contributed by atoms with Crippen LogP contribution in [0.4, 0.5) is 10.2 Å². The van der Waals surface area contributed by atoms with Crippen molar-refractivity contribution >= 4 is 16.7 Å². The van der Waals surface area contributed by atoms with Gasteiger partial charge >= 0.3 is 0 Å². The first-order valence-corrected chi connectivity index (χ1v) is 12.2. The van der Waals surface area contributed by atoms with E-state index in [0.717, 1.165) is 60.3 Å². The average molecular weight is 472 g/mol. The lowest BCUT2D eigenvalue weighted by atomic mass is 9.86. The van der Waals surface area contributed by atoms with E-state index < -0.39 is 5.82 Å². The van der Waals surface area contributed by atoms with Crippen LogP contribution in [0.25, 0.3) is 27.8 Å². The Bertz CT molecular complexity index is 1390. The number of anilines is 1. The standard InChI is InChI=1S/C27H30FN7/c1-17(2)34-25-9-8-23(11-21(25)16-32-34)35-26(19-6-7-20(14-29)24(28)12-19)13-27(33-35)31-15-18-4-3-5-22(30)10-18/h6-9,11-13,16-18,22H,3-5,10,15,30H2,1-2H3,(H,31,33)/t18-,22-/m1/s1. The molecule has 1 aliphatic carbocycles. The maximum absolute atomic E-state index is 14.5. The smallest absolute Gasteiger partial charge is 0.149 e. The number of aromatic nitrogens is 4. The van der Waals surface area contributed by atoms with Crippen LogP contribution in [0.2, 0.25) is 0 Å². The third-order valence-corrected chi connectivity index (χ3v) is 6.80. The topological polar surface area (TPSA) is 97.5 Å². The van der Waals surface area contributed by atoms with Crippen LogP contribution in [0.5, 0.6) is 0 Å². The summed E-state index contributed by atoms with van der Waals surface area (Å²) in [4.78, 5) is 0. The van der Waals surface area contributed by atoms with Crippen LogP contribution in [0, 0.1) is 23.1 Å². The zero-order valence-corrected chi connectivity index (χ0v) is 20.1. The van der Waals surface area contributed by atoms with E-state index in [4.69, 9.17) is 16.1 Å². The first-order chi connectivity index (χ1) is 16.9. The first kappa shape index (κ1) is 23.1. The zero-order valence-electron chi connectivity index (χ0n) is 20.1. The van der Waals surface area contributed by atoms with E-state index in [2.05, 4.69) is 24.3 Å². The molecule has 8 heteroatoms. The lowest BCUT2D eigenvalue weighted by Crippen LogP contribution is -2.31. The van der Waals surface area contributed by atoms with Gasteiger partial charge in [0.1, 0.15) is 17.7 Å². The lowest BCUT2D eigenvalue weighted by Gasteiger charge is -2.26. The summed E-state index contributed by atoms with van der Waals surface area (Å²) in [6.07, 6.45) is 6.27. The summed E-state index contributed by atoms with van der Waals surface area (Å²) < 4.78 is 18.3. The van der Waals surface area contributed by atoms with Gasteiger partial charge in [0.25, 0.3) is 0 Å². The largest absolute Gasteiger partial charge is 0.368 e. The number of hydrogen-bond acceptors (Lipinski definition) is 5. The normalized spacial score (nSPS) is 18.2. The molecule has 1 fully saturated rings. The molecule has 35 heavy (non-hydrogen) atoms. The highest BCUT2D eigenvalue weighted by atomic mass is 19.1. The SMILES string of the molecule is CC(C)n1ncc2cc(-n3nc(NC[C@@H]4CCC[C@@H](N)C4)cc3-c3ccc(C#N)c(F)c3)ccc21. The number of nitrogens with one attached hydrogen (secondary N) is 1. The molecule has 0 spiro atoms. The van der Waals surface area contributed by atoms with Gasteiger partial charge in [0, 0.05) is 35.6 Å². The monoisotopic (exact) mass is 471 g/mol. The number of halogens is 1. The summed E-state index contributed by atoms with van der Waals surface area (Å²) in [6.45, 7) is 5.00. The van der Waals surface area contributed by atoms with E-state index in [1.54, 1.807) is 6.07 Å². The van der Waals surface area contributed by atoms with Crippen LogP contribution in [-0.2, 0) is 0 Å². The maximum atomic E-state index is 14.5. The first-order valence-electron chi connectivity index (χ1n) is 12.2. The molecule has 0 radical (unpaired) electrons. The van der Waals surface area contributed by atoms with Gasteiger partial charge in [-0.15, -0.1) is 5.10 Å². The number of nitriles is 1. The molecular weight excluding hydrogens is 441 g/mol. The zero-order chi connectivity index (χ0) is 24.5. The van der Waals surface area contributed by atoms with Gasteiger partial charge in [-0.25, -0.2) is 9.07 Å². The van der Waals surface area contributed by atoms with Crippen LogP contribution < -0.4 is 11.1 Å². The Kier molecular flexibility index (Phi) is 6.27. The van der Waals surface area contributed by atoms with E-state index in [1.807, 2.05) is 45.9 Å². The van der Waals surface area contributed by atoms with Gasteiger partial charge in [0.15, 0.2) is 0 Å². The molecule has 2 heterocycles. The minimum Gasteiger partial charge on any atom is -0.368 e. The van der Waals surface area contributed by atoms with Gasteiger partial charge in [-0.3, -0.25) is 4.68 Å². The quantitative estimate of drug-likeness (QED) is 0.392. The van der Waals surface area contributed by atoms with Crippen molar-refractivity contribution in [2.75, 3.05) is 11.9 Å². The van der Waals surface area contributed by atoms with Crippen molar-refractivity contribution in [2.24, 2.45) is 11.7 Å². The molecule has 0 aliphatic heterocycles. The van der Waals surface area contributed by atoms with Crippen molar-refractivity contribution in [1.29, 1.82) is 5.26 Å². The summed E-state index contributed by atoms with van der Waals surface area (Å²) in [6, 6.07) is 15.1. The van der Waals surface area contributed by atoms with Crippen LogP contribution >= 0.6 is 0 Å². The Labute approximate surface area is 204 Å². The van der Waals surface area contributed by atoms with Crippen molar-refractivity contribution in [2.45, 2.75) is 51.6 Å². The van der Waals surface area contributed by atoms with Gasteiger partial charge in [-0.05, 0) is 69.4 Å². The number of nitrogens with zero attached hydrogens (tertiary/aromatic N) is 5. The van der Waals surface area contributed by atoms with Crippen LogP contribution in [0.3, 0.4) is 0 Å². The molecule has 0 bridgehead atoms. The Morgan fingerprint density at radius 3 is 2.80 bits per heavy atom. The number of hydrogen-bond donors (Lipinski definition) is 2. The van der Waals surface area contributed by atoms with Gasteiger partial charge < -0.3 is 11.1 Å². The second-order valence-corrected chi connectivity index (χ2v) is 9.73. The molecule has 7 nitrogen and oxygen atoms in total. The van der Waals surface area contributed by atoms with Crippen molar-refractivity contribution < 1.29 is 4.39 Å². The number of rotatable bonds is 6. The minimum absolute atomic E-state index is 0.0225. The Hall–Kier alpha value is -3.70. The van der Waals surface area contributed by atoms with Gasteiger partial charge in [-0.1, -0.05) is 12.5 Å². The molecule has 0 saturated heterocycles. The Morgan fingerprint density at radius 2 is 2.06 bits per heavy atom. The van der Waals surface area contributed by atoms with E-state index >= 15 is 0 Å². The van der Waals surface area contributed by atoms with Gasteiger partial charge in [0.2, 0.25) is 0 Å². The lowest BCUT2D eigenvalue weighted by molar-refractivity contribution is 0.335.